The Labute approximate surface area is 95.3 Å². The van der Waals surface area contributed by atoms with Gasteiger partial charge in [0.25, 0.3) is 0 Å². The van der Waals surface area contributed by atoms with Gasteiger partial charge in [0, 0.05) is 12.6 Å². The first-order valence-electron chi connectivity index (χ1n) is 5.96. The van der Waals surface area contributed by atoms with Crippen LogP contribution in [0.15, 0.2) is 0 Å². The Morgan fingerprint density at radius 3 is 2.62 bits per heavy atom. The van der Waals surface area contributed by atoms with E-state index < -0.39 is 5.54 Å². The van der Waals surface area contributed by atoms with Crippen molar-refractivity contribution in [2.75, 3.05) is 13.2 Å². The van der Waals surface area contributed by atoms with E-state index in [1.165, 1.54) is 0 Å². The molecule has 5 nitrogen and oxygen atoms in total. The van der Waals surface area contributed by atoms with Crippen molar-refractivity contribution in [3.63, 3.8) is 0 Å². The van der Waals surface area contributed by atoms with Crippen LogP contribution in [0.4, 0.5) is 0 Å². The van der Waals surface area contributed by atoms with Crippen LogP contribution in [0.2, 0.25) is 0 Å². The quantitative estimate of drug-likeness (QED) is 0.596. The lowest BCUT2D eigenvalue weighted by Crippen LogP contribution is -2.57. The third-order valence-corrected chi connectivity index (χ3v) is 3.54. The Hall–Kier alpha value is -0.650. The van der Waals surface area contributed by atoms with Crippen LogP contribution in [0.3, 0.4) is 0 Å². The molecular formula is C11H20N2O3. The molecule has 0 bridgehead atoms. The maximum atomic E-state index is 11.9. The second-order valence-corrected chi connectivity index (χ2v) is 4.94. The van der Waals surface area contributed by atoms with Crippen molar-refractivity contribution in [1.82, 2.24) is 5.32 Å². The van der Waals surface area contributed by atoms with Crippen molar-refractivity contribution in [3.8, 4) is 0 Å². The van der Waals surface area contributed by atoms with Gasteiger partial charge in [-0.1, -0.05) is 0 Å². The first-order chi connectivity index (χ1) is 7.60. The zero-order valence-electron chi connectivity index (χ0n) is 9.45. The normalized spacial score (nSPS) is 39.6. The molecule has 1 heterocycles. The van der Waals surface area contributed by atoms with Crippen LogP contribution in [0.25, 0.3) is 0 Å². The van der Waals surface area contributed by atoms with Gasteiger partial charge in [0.2, 0.25) is 5.91 Å². The summed E-state index contributed by atoms with van der Waals surface area (Å²) in [5.41, 5.74) is 5.12. The summed E-state index contributed by atoms with van der Waals surface area (Å²) < 4.78 is 5.16. The van der Waals surface area contributed by atoms with E-state index in [-0.39, 0.29) is 18.1 Å². The maximum Gasteiger partial charge on any atom is 0.242 e. The molecule has 0 aromatic carbocycles. The minimum Gasteiger partial charge on any atom is -0.393 e. The average molecular weight is 228 g/mol. The van der Waals surface area contributed by atoms with E-state index >= 15 is 0 Å². The molecule has 1 saturated heterocycles. The summed E-state index contributed by atoms with van der Waals surface area (Å²) in [5.74, 6) is -0.105. The molecule has 1 saturated carbocycles. The summed E-state index contributed by atoms with van der Waals surface area (Å²) in [6.45, 7) is 0.876. The topological polar surface area (TPSA) is 84.6 Å². The Kier molecular flexibility index (Phi) is 3.47. The van der Waals surface area contributed by atoms with Gasteiger partial charge in [-0.05, 0) is 32.1 Å². The van der Waals surface area contributed by atoms with Crippen molar-refractivity contribution in [2.24, 2.45) is 5.73 Å². The molecule has 1 aliphatic heterocycles. The Bertz CT molecular complexity index is 256. The standard InChI is InChI=1S/C11H20N2O3/c12-11(5-6-16-7-11)10(15)13-8-1-3-9(14)4-2-8/h8-9,14H,1-7,12H2,(H,13,15). The smallest absolute Gasteiger partial charge is 0.242 e. The van der Waals surface area contributed by atoms with Gasteiger partial charge in [-0.25, -0.2) is 0 Å². The second kappa shape index (κ2) is 4.69. The highest BCUT2D eigenvalue weighted by molar-refractivity contribution is 5.86. The number of amides is 1. The van der Waals surface area contributed by atoms with Crippen molar-refractivity contribution < 1.29 is 14.6 Å². The molecule has 16 heavy (non-hydrogen) atoms. The third-order valence-electron chi connectivity index (χ3n) is 3.54. The molecule has 0 aromatic heterocycles. The summed E-state index contributed by atoms with van der Waals surface area (Å²) in [6.07, 6.45) is 3.59. The molecule has 5 heteroatoms. The molecule has 0 aromatic rings. The molecule has 0 spiro atoms. The van der Waals surface area contributed by atoms with Crippen LogP contribution < -0.4 is 11.1 Å². The van der Waals surface area contributed by atoms with Crippen LogP contribution >= 0.6 is 0 Å². The second-order valence-electron chi connectivity index (χ2n) is 4.94. The van der Waals surface area contributed by atoms with E-state index in [4.69, 9.17) is 10.5 Å². The number of nitrogens with two attached hydrogens (primary N) is 1. The van der Waals surface area contributed by atoms with E-state index in [0.29, 0.717) is 19.6 Å². The van der Waals surface area contributed by atoms with Gasteiger partial charge in [-0.15, -0.1) is 0 Å². The van der Waals surface area contributed by atoms with Gasteiger partial charge in [-0.3, -0.25) is 4.79 Å². The Morgan fingerprint density at radius 1 is 1.38 bits per heavy atom. The largest absolute Gasteiger partial charge is 0.393 e. The lowest BCUT2D eigenvalue weighted by molar-refractivity contribution is -0.127. The summed E-state index contributed by atoms with van der Waals surface area (Å²) in [4.78, 5) is 11.9. The minimum atomic E-state index is -0.837. The SMILES string of the molecule is NC1(C(=O)NC2CCC(O)CC2)CCOC1. The molecule has 1 amide bonds. The van der Waals surface area contributed by atoms with E-state index in [9.17, 15) is 9.90 Å². The van der Waals surface area contributed by atoms with Gasteiger partial charge >= 0.3 is 0 Å². The third kappa shape index (κ3) is 2.53. The van der Waals surface area contributed by atoms with Crippen molar-refractivity contribution >= 4 is 5.91 Å². The lowest BCUT2D eigenvalue weighted by atomic mass is 9.91. The van der Waals surface area contributed by atoms with Crippen molar-refractivity contribution in [1.29, 1.82) is 0 Å². The van der Waals surface area contributed by atoms with E-state index in [0.717, 1.165) is 25.7 Å². The van der Waals surface area contributed by atoms with Crippen LogP contribution in [0.5, 0.6) is 0 Å². The first-order valence-corrected chi connectivity index (χ1v) is 5.96. The fourth-order valence-corrected chi connectivity index (χ4v) is 2.31. The molecule has 2 rings (SSSR count). The predicted octanol–water partition coefficient (Wildman–Crippen LogP) is -0.476. The molecule has 4 N–H and O–H groups in total. The Morgan fingerprint density at radius 2 is 2.06 bits per heavy atom. The lowest BCUT2D eigenvalue weighted by Gasteiger charge is -2.29. The molecule has 0 radical (unpaired) electrons. The highest BCUT2D eigenvalue weighted by Gasteiger charge is 2.39. The van der Waals surface area contributed by atoms with Gasteiger partial charge < -0.3 is 20.9 Å². The van der Waals surface area contributed by atoms with Crippen LogP contribution in [0.1, 0.15) is 32.1 Å². The Balaban J connectivity index is 1.83. The number of rotatable bonds is 2. The number of aliphatic hydroxyl groups is 1. The fourth-order valence-electron chi connectivity index (χ4n) is 2.31. The van der Waals surface area contributed by atoms with Gasteiger partial charge in [-0.2, -0.15) is 0 Å². The zero-order chi connectivity index (χ0) is 11.6. The molecule has 1 atom stereocenters. The number of hydrogen-bond acceptors (Lipinski definition) is 4. The number of carbonyl (C=O) groups is 1. The van der Waals surface area contributed by atoms with Gasteiger partial charge in [0.1, 0.15) is 5.54 Å². The average Bonchev–Trinajstić information content (AvgIpc) is 2.70. The zero-order valence-corrected chi connectivity index (χ0v) is 9.45. The van der Waals surface area contributed by atoms with Gasteiger partial charge in [0.15, 0.2) is 0 Å². The summed E-state index contributed by atoms with van der Waals surface area (Å²) in [6, 6.07) is 0.164. The summed E-state index contributed by atoms with van der Waals surface area (Å²) in [5, 5.41) is 12.3. The summed E-state index contributed by atoms with van der Waals surface area (Å²) >= 11 is 0. The van der Waals surface area contributed by atoms with Crippen LogP contribution in [-0.4, -0.2) is 41.9 Å². The molecule has 1 aliphatic carbocycles. The fraction of sp³-hybridized carbons (Fsp3) is 0.909. The highest BCUT2D eigenvalue weighted by atomic mass is 16.5. The van der Waals surface area contributed by atoms with E-state index in [1.807, 2.05) is 0 Å². The first kappa shape index (κ1) is 11.8. The molecule has 1 unspecified atom stereocenters. The number of carbonyl (C=O) groups excluding carboxylic acids is 1. The number of nitrogens with one attached hydrogen (secondary N) is 1. The molecule has 2 fully saturated rings. The maximum absolute atomic E-state index is 11.9. The highest BCUT2D eigenvalue weighted by Crippen LogP contribution is 2.20. The van der Waals surface area contributed by atoms with Gasteiger partial charge in [0.05, 0.1) is 12.7 Å². The van der Waals surface area contributed by atoms with Crippen LogP contribution in [0, 0.1) is 0 Å². The molecular weight excluding hydrogens is 208 g/mol. The summed E-state index contributed by atoms with van der Waals surface area (Å²) in [7, 11) is 0. The molecule has 92 valence electrons. The van der Waals surface area contributed by atoms with Crippen LogP contribution in [-0.2, 0) is 9.53 Å². The van der Waals surface area contributed by atoms with Crippen molar-refractivity contribution in [2.45, 2.75) is 49.8 Å². The predicted molar refractivity (Wildman–Crippen MR) is 58.8 cm³/mol. The number of aliphatic hydroxyl groups excluding tert-OH is 1. The number of ether oxygens (including phenoxy) is 1. The minimum absolute atomic E-state index is 0.105. The van der Waals surface area contributed by atoms with Crippen molar-refractivity contribution in [3.05, 3.63) is 0 Å². The molecule has 2 aliphatic rings. The van der Waals surface area contributed by atoms with E-state index in [2.05, 4.69) is 5.32 Å². The monoisotopic (exact) mass is 228 g/mol. The number of hydrogen-bond donors (Lipinski definition) is 3. The van der Waals surface area contributed by atoms with E-state index in [1.54, 1.807) is 0 Å².